The van der Waals surface area contributed by atoms with E-state index in [1.807, 2.05) is 0 Å². The largest absolute Gasteiger partial charge is 0.416 e. The normalized spacial score (nSPS) is 10.9. The van der Waals surface area contributed by atoms with Crippen LogP contribution in [0.1, 0.15) is 15.9 Å². The van der Waals surface area contributed by atoms with Crippen molar-refractivity contribution in [2.24, 2.45) is 0 Å². The van der Waals surface area contributed by atoms with Crippen LogP contribution in [0.4, 0.5) is 18.9 Å². The number of nitrogens with zero attached hydrogens (tertiary/aromatic N) is 1. The van der Waals surface area contributed by atoms with E-state index < -0.39 is 17.6 Å². The van der Waals surface area contributed by atoms with Crippen molar-refractivity contribution in [1.82, 2.24) is 10.4 Å². The minimum absolute atomic E-state index is 0.348. The maximum atomic E-state index is 12.4. The van der Waals surface area contributed by atoms with E-state index in [2.05, 4.69) is 15.8 Å². The van der Waals surface area contributed by atoms with Gasteiger partial charge in [-0.3, -0.25) is 20.6 Å². The molecule has 0 atom stereocenters. The average Bonchev–Trinajstić information content (AvgIpc) is 2.45. The Bertz CT molecular complexity index is 582. The number of pyridine rings is 1. The highest BCUT2D eigenvalue weighted by Gasteiger charge is 2.29. The first kappa shape index (κ1) is 13.9. The maximum Gasteiger partial charge on any atom is 0.416 e. The highest BCUT2D eigenvalue weighted by atomic mass is 19.4. The van der Waals surface area contributed by atoms with Crippen molar-refractivity contribution in [3.8, 4) is 0 Å². The van der Waals surface area contributed by atoms with Gasteiger partial charge in [-0.2, -0.15) is 13.2 Å². The van der Waals surface area contributed by atoms with Gasteiger partial charge in [0, 0.05) is 18.0 Å². The molecule has 20 heavy (non-hydrogen) atoms. The molecule has 0 aliphatic rings. The van der Waals surface area contributed by atoms with Gasteiger partial charge in [0.25, 0.3) is 5.91 Å². The number of nitrogens with one attached hydrogen (secondary N) is 2. The fourth-order valence-electron chi connectivity index (χ4n) is 1.45. The molecule has 1 heterocycles. The van der Waals surface area contributed by atoms with E-state index in [0.717, 1.165) is 12.1 Å². The van der Waals surface area contributed by atoms with Crippen LogP contribution in [0.5, 0.6) is 0 Å². The van der Waals surface area contributed by atoms with Gasteiger partial charge in [0.1, 0.15) is 0 Å². The number of rotatable bonds is 3. The molecule has 1 aromatic heterocycles. The van der Waals surface area contributed by atoms with Crippen LogP contribution in [-0.4, -0.2) is 10.9 Å². The highest BCUT2D eigenvalue weighted by Crippen LogP contribution is 2.29. The topological polar surface area (TPSA) is 54.0 Å². The van der Waals surface area contributed by atoms with Gasteiger partial charge in [-0.1, -0.05) is 0 Å². The number of anilines is 1. The Kier molecular flexibility index (Phi) is 3.88. The fourth-order valence-corrected chi connectivity index (χ4v) is 1.45. The van der Waals surface area contributed by atoms with Crippen molar-refractivity contribution >= 4 is 11.6 Å². The van der Waals surface area contributed by atoms with Gasteiger partial charge >= 0.3 is 6.18 Å². The molecule has 0 aliphatic heterocycles. The number of aromatic nitrogens is 1. The van der Waals surface area contributed by atoms with E-state index in [4.69, 9.17) is 0 Å². The van der Waals surface area contributed by atoms with E-state index >= 15 is 0 Å². The number of benzene rings is 1. The molecule has 2 N–H and O–H groups in total. The SMILES string of the molecule is O=C(NNc1ccc(C(F)(F)F)cc1)c1ccncc1. The highest BCUT2D eigenvalue weighted by molar-refractivity contribution is 5.94. The van der Waals surface area contributed by atoms with Crippen LogP contribution in [0.25, 0.3) is 0 Å². The summed E-state index contributed by atoms with van der Waals surface area (Å²) in [7, 11) is 0. The van der Waals surface area contributed by atoms with Gasteiger partial charge in [0.15, 0.2) is 0 Å². The predicted molar refractivity (Wildman–Crippen MR) is 66.8 cm³/mol. The van der Waals surface area contributed by atoms with Crippen molar-refractivity contribution in [3.63, 3.8) is 0 Å². The second-order valence-corrected chi connectivity index (χ2v) is 3.89. The standard InChI is InChI=1S/C13H10F3N3O/c14-13(15,16)10-1-3-11(4-2-10)18-19-12(20)9-5-7-17-8-6-9/h1-8,18H,(H,19,20). The molecule has 0 saturated heterocycles. The lowest BCUT2D eigenvalue weighted by molar-refractivity contribution is -0.137. The van der Waals surface area contributed by atoms with Crippen molar-refractivity contribution in [2.75, 3.05) is 5.43 Å². The van der Waals surface area contributed by atoms with Crippen LogP contribution in [0, 0.1) is 0 Å². The third-order valence-corrected chi connectivity index (χ3v) is 2.48. The second kappa shape index (κ2) is 5.60. The summed E-state index contributed by atoms with van der Waals surface area (Å²) in [5.74, 6) is -0.410. The number of hydrazine groups is 1. The second-order valence-electron chi connectivity index (χ2n) is 3.89. The van der Waals surface area contributed by atoms with Crippen LogP contribution < -0.4 is 10.9 Å². The van der Waals surface area contributed by atoms with Crippen LogP contribution in [0.3, 0.4) is 0 Å². The first-order valence-corrected chi connectivity index (χ1v) is 5.60. The quantitative estimate of drug-likeness (QED) is 0.851. The molecule has 1 aromatic carbocycles. The predicted octanol–water partition coefficient (Wildman–Crippen LogP) is 2.86. The smallest absolute Gasteiger partial charge is 0.298 e. The van der Waals surface area contributed by atoms with Crippen molar-refractivity contribution in [2.45, 2.75) is 6.18 Å². The van der Waals surface area contributed by atoms with Crippen molar-refractivity contribution in [1.29, 1.82) is 0 Å². The number of carbonyl (C=O) groups excluding carboxylic acids is 1. The summed E-state index contributed by atoms with van der Waals surface area (Å²) in [6.07, 6.45) is -1.45. The number of amides is 1. The molecule has 0 saturated carbocycles. The minimum Gasteiger partial charge on any atom is -0.298 e. The number of carbonyl (C=O) groups is 1. The third-order valence-electron chi connectivity index (χ3n) is 2.48. The molecule has 2 rings (SSSR count). The molecule has 1 amide bonds. The molecule has 0 spiro atoms. The van der Waals surface area contributed by atoms with Crippen LogP contribution in [0.2, 0.25) is 0 Å². The summed E-state index contributed by atoms with van der Waals surface area (Å²) in [6.45, 7) is 0. The Morgan fingerprint density at radius 3 is 2.15 bits per heavy atom. The van der Waals surface area contributed by atoms with Gasteiger partial charge in [-0.05, 0) is 36.4 Å². The van der Waals surface area contributed by atoms with Gasteiger partial charge < -0.3 is 0 Å². The molecular formula is C13H10F3N3O. The van der Waals surface area contributed by atoms with E-state index in [-0.39, 0.29) is 0 Å². The minimum atomic E-state index is -4.38. The van der Waals surface area contributed by atoms with Gasteiger partial charge in [0.05, 0.1) is 11.3 Å². The van der Waals surface area contributed by atoms with Crippen LogP contribution in [-0.2, 0) is 6.18 Å². The Hall–Kier alpha value is -2.57. The zero-order valence-corrected chi connectivity index (χ0v) is 10.1. The first-order chi connectivity index (χ1) is 9.47. The van der Waals surface area contributed by atoms with Gasteiger partial charge in [-0.25, -0.2) is 0 Å². The Labute approximate surface area is 112 Å². The van der Waals surface area contributed by atoms with E-state index in [9.17, 15) is 18.0 Å². The van der Waals surface area contributed by atoms with E-state index in [0.29, 0.717) is 11.3 Å². The molecule has 0 radical (unpaired) electrons. The molecule has 7 heteroatoms. The lowest BCUT2D eigenvalue weighted by Gasteiger charge is -2.10. The molecule has 2 aromatic rings. The van der Waals surface area contributed by atoms with Crippen molar-refractivity contribution < 1.29 is 18.0 Å². The Morgan fingerprint density at radius 2 is 1.60 bits per heavy atom. The third kappa shape index (κ3) is 3.47. The molecule has 104 valence electrons. The van der Waals surface area contributed by atoms with Crippen LogP contribution in [0.15, 0.2) is 48.8 Å². The zero-order chi connectivity index (χ0) is 14.6. The average molecular weight is 281 g/mol. The molecule has 4 nitrogen and oxygen atoms in total. The molecule has 0 bridgehead atoms. The van der Waals surface area contributed by atoms with E-state index in [1.165, 1.54) is 36.7 Å². The fraction of sp³-hybridized carbons (Fsp3) is 0.0769. The summed E-state index contributed by atoms with van der Waals surface area (Å²) >= 11 is 0. The van der Waals surface area contributed by atoms with Crippen molar-refractivity contribution in [3.05, 3.63) is 59.9 Å². The zero-order valence-electron chi connectivity index (χ0n) is 10.1. The monoisotopic (exact) mass is 281 g/mol. The number of alkyl halides is 3. The summed E-state index contributed by atoms with van der Waals surface area (Å²) in [5, 5.41) is 0. The summed E-state index contributed by atoms with van der Waals surface area (Å²) in [5.41, 5.74) is 4.90. The molecule has 0 aliphatic carbocycles. The Morgan fingerprint density at radius 1 is 1.00 bits per heavy atom. The lowest BCUT2D eigenvalue weighted by Crippen LogP contribution is -2.29. The molecule has 0 unspecified atom stereocenters. The number of hydrogen-bond acceptors (Lipinski definition) is 3. The number of halogens is 3. The maximum absolute atomic E-state index is 12.4. The summed E-state index contributed by atoms with van der Waals surface area (Å²) in [6, 6.07) is 7.36. The van der Waals surface area contributed by atoms with Crippen LogP contribution >= 0.6 is 0 Å². The summed E-state index contributed by atoms with van der Waals surface area (Å²) in [4.78, 5) is 15.4. The summed E-state index contributed by atoms with van der Waals surface area (Å²) < 4.78 is 37.1. The Balaban J connectivity index is 1.96. The molecular weight excluding hydrogens is 271 g/mol. The first-order valence-electron chi connectivity index (χ1n) is 5.60. The van der Waals surface area contributed by atoms with E-state index in [1.54, 1.807) is 0 Å². The molecule has 0 fully saturated rings. The lowest BCUT2D eigenvalue weighted by atomic mass is 10.2. The van der Waals surface area contributed by atoms with Gasteiger partial charge in [0.2, 0.25) is 0 Å². The van der Waals surface area contributed by atoms with Gasteiger partial charge in [-0.15, -0.1) is 0 Å². The number of hydrogen-bond donors (Lipinski definition) is 2.